The van der Waals surface area contributed by atoms with Crippen LogP contribution < -0.4 is 0 Å². The van der Waals surface area contributed by atoms with E-state index >= 15 is 0 Å². The molecular formula is C14H29. The molecule has 0 amide bonds. The largest absolute Gasteiger partial charge is 0.0654 e. The molecule has 0 heterocycles. The molecule has 0 heteroatoms. The molecule has 0 aliphatic heterocycles. The first-order chi connectivity index (χ1) is 6.37. The molecule has 0 spiro atoms. The van der Waals surface area contributed by atoms with Gasteiger partial charge in [-0.3, -0.25) is 0 Å². The Morgan fingerprint density at radius 3 is 1.93 bits per heavy atom. The van der Waals surface area contributed by atoms with E-state index in [1.165, 1.54) is 32.1 Å². The number of hydrogen-bond acceptors (Lipinski definition) is 0. The van der Waals surface area contributed by atoms with E-state index in [1.807, 2.05) is 0 Å². The SMILES string of the molecule is CCCCC[CH]C(C)(C)C(C)(C)CC. The molecule has 0 aromatic heterocycles. The second-order valence-corrected chi connectivity index (χ2v) is 5.66. The van der Waals surface area contributed by atoms with Crippen LogP contribution in [-0.2, 0) is 0 Å². The van der Waals surface area contributed by atoms with Gasteiger partial charge in [0.05, 0.1) is 0 Å². The Balaban J connectivity index is 3.94. The zero-order chi connectivity index (χ0) is 11.2. The van der Waals surface area contributed by atoms with Gasteiger partial charge in [0.1, 0.15) is 0 Å². The highest BCUT2D eigenvalue weighted by Gasteiger charge is 2.34. The average molecular weight is 197 g/mol. The Kier molecular flexibility index (Phi) is 5.78. The lowest BCUT2D eigenvalue weighted by molar-refractivity contribution is 0.136. The van der Waals surface area contributed by atoms with E-state index in [2.05, 4.69) is 48.0 Å². The van der Waals surface area contributed by atoms with Crippen molar-refractivity contribution in [2.75, 3.05) is 0 Å². The first-order valence-electron chi connectivity index (χ1n) is 6.21. The lowest BCUT2D eigenvalue weighted by Crippen LogP contribution is -2.32. The molecule has 0 aliphatic carbocycles. The summed E-state index contributed by atoms with van der Waals surface area (Å²) in [5, 5.41) is 0. The van der Waals surface area contributed by atoms with E-state index in [0.29, 0.717) is 10.8 Å². The van der Waals surface area contributed by atoms with Crippen LogP contribution in [0.15, 0.2) is 0 Å². The van der Waals surface area contributed by atoms with Crippen molar-refractivity contribution in [2.24, 2.45) is 10.8 Å². The molecule has 0 aliphatic rings. The first kappa shape index (κ1) is 14.0. The fourth-order valence-electron chi connectivity index (χ4n) is 1.59. The fourth-order valence-corrected chi connectivity index (χ4v) is 1.59. The highest BCUT2D eigenvalue weighted by atomic mass is 14.4. The summed E-state index contributed by atoms with van der Waals surface area (Å²) in [4.78, 5) is 0. The molecule has 0 rings (SSSR count). The molecular weight excluding hydrogens is 168 g/mol. The maximum atomic E-state index is 2.53. The molecule has 0 atom stereocenters. The molecule has 0 saturated carbocycles. The maximum absolute atomic E-state index is 2.53. The number of rotatable bonds is 7. The van der Waals surface area contributed by atoms with Gasteiger partial charge in [-0.1, -0.05) is 67.2 Å². The maximum Gasteiger partial charge on any atom is -0.0272 e. The van der Waals surface area contributed by atoms with Crippen LogP contribution in [0.2, 0.25) is 0 Å². The Hall–Kier alpha value is 0. The van der Waals surface area contributed by atoms with Gasteiger partial charge in [0.2, 0.25) is 0 Å². The van der Waals surface area contributed by atoms with Gasteiger partial charge >= 0.3 is 0 Å². The van der Waals surface area contributed by atoms with Crippen LogP contribution in [0.3, 0.4) is 0 Å². The summed E-state index contributed by atoms with van der Waals surface area (Å²) in [6.07, 6.45) is 9.13. The summed E-state index contributed by atoms with van der Waals surface area (Å²) >= 11 is 0. The van der Waals surface area contributed by atoms with Gasteiger partial charge in [0.25, 0.3) is 0 Å². The molecule has 0 saturated heterocycles. The summed E-state index contributed by atoms with van der Waals surface area (Å²) in [6.45, 7) is 14.1. The van der Waals surface area contributed by atoms with Crippen LogP contribution in [0, 0.1) is 17.3 Å². The second-order valence-electron chi connectivity index (χ2n) is 5.66. The molecule has 0 unspecified atom stereocenters. The Morgan fingerprint density at radius 1 is 0.929 bits per heavy atom. The van der Waals surface area contributed by atoms with E-state index < -0.39 is 0 Å². The topological polar surface area (TPSA) is 0 Å². The van der Waals surface area contributed by atoms with Gasteiger partial charge < -0.3 is 0 Å². The minimum atomic E-state index is 0.371. The lowest BCUT2D eigenvalue weighted by Gasteiger charge is -2.41. The number of hydrogen-bond donors (Lipinski definition) is 0. The van der Waals surface area contributed by atoms with Gasteiger partial charge in [-0.05, 0) is 23.7 Å². The van der Waals surface area contributed by atoms with E-state index in [1.54, 1.807) is 0 Å². The van der Waals surface area contributed by atoms with Crippen LogP contribution in [0.4, 0.5) is 0 Å². The Labute approximate surface area is 91.5 Å². The molecule has 0 fully saturated rings. The summed E-state index contributed by atoms with van der Waals surface area (Å²) in [5.41, 5.74) is 0.800. The van der Waals surface area contributed by atoms with Crippen LogP contribution in [0.25, 0.3) is 0 Å². The molecule has 85 valence electrons. The quantitative estimate of drug-likeness (QED) is 0.490. The van der Waals surface area contributed by atoms with E-state index in [4.69, 9.17) is 0 Å². The normalized spacial score (nSPS) is 13.3. The Morgan fingerprint density at radius 2 is 1.50 bits per heavy atom. The first-order valence-corrected chi connectivity index (χ1v) is 6.21. The lowest BCUT2D eigenvalue weighted by atomic mass is 9.64. The third kappa shape index (κ3) is 4.02. The van der Waals surface area contributed by atoms with Crippen molar-refractivity contribution < 1.29 is 0 Å². The zero-order valence-electron chi connectivity index (χ0n) is 11.1. The molecule has 0 nitrogen and oxygen atoms in total. The minimum Gasteiger partial charge on any atom is -0.0654 e. The number of unbranched alkanes of at least 4 members (excludes halogenated alkanes) is 3. The Bertz CT molecular complexity index is 142. The van der Waals surface area contributed by atoms with Crippen LogP contribution in [-0.4, -0.2) is 0 Å². The summed E-state index contributed by atoms with van der Waals surface area (Å²) in [5.74, 6) is 0. The highest BCUT2D eigenvalue weighted by Crippen LogP contribution is 2.44. The van der Waals surface area contributed by atoms with E-state index in [0.717, 1.165) is 0 Å². The average Bonchev–Trinajstić information content (AvgIpc) is 2.12. The third-order valence-electron chi connectivity index (χ3n) is 4.09. The van der Waals surface area contributed by atoms with Crippen molar-refractivity contribution in [1.82, 2.24) is 0 Å². The molecule has 0 bridgehead atoms. The fraction of sp³-hybridized carbons (Fsp3) is 0.929. The minimum absolute atomic E-state index is 0.371. The van der Waals surface area contributed by atoms with Gasteiger partial charge in [0, 0.05) is 0 Å². The predicted octanol–water partition coefficient (Wildman–Crippen LogP) is 5.23. The van der Waals surface area contributed by atoms with Gasteiger partial charge in [0.15, 0.2) is 0 Å². The summed E-state index contributed by atoms with van der Waals surface area (Å²) in [6, 6.07) is 0. The summed E-state index contributed by atoms with van der Waals surface area (Å²) < 4.78 is 0. The van der Waals surface area contributed by atoms with Gasteiger partial charge in [-0.15, -0.1) is 0 Å². The van der Waals surface area contributed by atoms with Crippen molar-refractivity contribution in [3.63, 3.8) is 0 Å². The molecule has 0 aromatic rings. The van der Waals surface area contributed by atoms with Crippen LogP contribution in [0.5, 0.6) is 0 Å². The van der Waals surface area contributed by atoms with Gasteiger partial charge in [-0.25, -0.2) is 0 Å². The molecule has 0 aromatic carbocycles. The molecule has 0 N–H and O–H groups in total. The monoisotopic (exact) mass is 197 g/mol. The third-order valence-corrected chi connectivity index (χ3v) is 4.09. The highest BCUT2D eigenvalue weighted by molar-refractivity contribution is 4.95. The van der Waals surface area contributed by atoms with Crippen LogP contribution in [0.1, 0.15) is 73.6 Å². The standard InChI is InChI=1S/C14H29/c1-7-9-10-11-12-14(5,6)13(3,4)8-2/h12H,7-11H2,1-6H3. The van der Waals surface area contributed by atoms with Crippen molar-refractivity contribution in [3.05, 3.63) is 6.42 Å². The summed E-state index contributed by atoms with van der Waals surface area (Å²) in [7, 11) is 0. The smallest absolute Gasteiger partial charge is 0.0272 e. The van der Waals surface area contributed by atoms with Crippen molar-refractivity contribution in [3.8, 4) is 0 Å². The second kappa shape index (κ2) is 5.78. The molecule has 14 heavy (non-hydrogen) atoms. The van der Waals surface area contributed by atoms with E-state index in [-0.39, 0.29) is 0 Å². The predicted molar refractivity (Wildman–Crippen MR) is 66.3 cm³/mol. The van der Waals surface area contributed by atoms with E-state index in [9.17, 15) is 0 Å². The van der Waals surface area contributed by atoms with Crippen LogP contribution >= 0.6 is 0 Å². The zero-order valence-corrected chi connectivity index (χ0v) is 11.1. The molecule has 1 radical (unpaired) electrons. The van der Waals surface area contributed by atoms with Crippen molar-refractivity contribution >= 4 is 0 Å². The van der Waals surface area contributed by atoms with Gasteiger partial charge in [-0.2, -0.15) is 0 Å². The van der Waals surface area contributed by atoms with Crippen molar-refractivity contribution in [1.29, 1.82) is 0 Å². The van der Waals surface area contributed by atoms with Crippen molar-refractivity contribution in [2.45, 2.75) is 73.6 Å².